The molecular weight excluding hydrogens is 198 g/mol. The third-order valence-electron chi connectivity index (χ3n) is 3.12. The predicted octanol–water partition coefficient (Wildman–Crippen LogP) is 3.77. The molecule has 2 rings (SSSR count). The first-order chi connectivity index (χ1) is 7.83. The highest BCUT2D eigenvalue weighted by molar-refractivity contribution is 5.31. The van der Waals surface area contributed by atoms with Gasteiger partial charge in [0.05, 0.1) is 13.7 Å². The summed E-state index contributed by atoms with van der Waals surface area (Å²) in [5, 5.41) is 0. The smallest absolute Gasteiger partial charge is 0.161 e. The molecule has 0 spiro atoms. The zero-order valence-electron chi connectivity index (χ0n) is 9.44. The van der Waals surface area contributed by atoms with Gasteiger partial charge in [-0.2, -0.15) is 0 Å². The van der Waals surface area contributed by atoms with E-state index in [9.17, 15) is 0 Å². The van der Waals surface area contributed by atoms with Gasteiger partial charge in [-0.1, -0.05) is 24.6 Å². The van der Waals surface area contributed by atoms with Crippen LogP contribution in [0.5, 0.6) is 5.75 Å². The average molecular weight is 213 g/mol. The van der Waals surface area contributed by atoms with Crippen molar-refractivity contribution in [2.45, 2.75) is 25.2 Å². The zero-order valence-corrected chi connectivity index (χ0v) is 9.44. The van der Waals surface area contributed by atoms with Crippen LogP contribution in [-0.2, 0) is 0 Å². The van der Waals surface area contributed by atoms with Gasteiger partial charge in [-0.3, -0.25) is 0 Å². The van der Waals surface area contributed by atoms with Crippen molar-refractivity contribution < 1.29 is 4.74 Å². The summed E-state index contributed by atoms with van der Waals surface area (Å²) in [6.07, 6.45) is 5.07. The van der Waals surface area contributed by atoms with E-state index in [4.69, 9.17) is 11.3 Å². The number of benzene rings is 1. The Morgan fingerprint density at radius 3 is 2.56 bits per heavy atom. The lowest BCUT2D eigenvalue weighted by Crippen LogP contribution is -2.03. The summed E-state index contributed by atoms with van der Waals surface area (Å²) in [4.78, 5) is 3.49. The minimum atomic E-state index is 0.566. The molecule has 0 saturated heterocycles. The van der Waals surface area contributed by atoms with Crippen LogP contribution in [0.1, 0.15) is 30.7 Å². The Morgan fingerprint density at radius 1 is 1.31 bits per heavy atom. The summed E-state index contributed by atoms with van der Waals surface area (Å²) in [6, 6.07) is 8.26. The Kier molecular flexibility index (Phi) is 3.26. The van der Waals surface area contributed by atoms with Crippen molar-refractivity contribution >= 4 is 0 Å². The fraction of sp³-hybridized carbons (Fsp3) is 0.357. The summed E-state index contributed by atoms with van der Waals surface area (Å²) in [5.74, 6) is 1.47. The highest BCUT2D eigenvalue weighted by Gasteiger charge is 2.16. The molecule has 0 N–H and O–H groups in total. The molecule has 82 valence electrons. The van der Waals surface area contributed by atoms with Crippen molar-refractivity contribution in [2.75, 3.05) is 7.11 Å². The molecule has 0 heterocycles. The van der Waals surface area contributed by atoms with E-state index in [1.54, 1.807) is 7.11 Å². The van der Waals surface area contributed by atoms with Crippen molar-refractivity contribution in [3.8, 4) is 5.75 Å². The van der Waals surface area contributed by atoms with E-state index in [1.807, 2.05) is 12.1 Å². The molecule has 1 aromatic carbocycles. The molecule has 0 aromatic heterocycles. The van der Waals surface area contributed by atoms with E-state index in [1.165, 1.54) is 5.56 Å². The van der Waals surface area contributed by atoms with Crippen molar-refractivity contribution in [3.05, 3.63) is 53.0 Å². The van der Waals surface area contributed by atoms with Crippen LogP contribution in [0.15, 0.2) is 36.0 Å². The molecule has 1 aromatic rings. The van der Waals surface area contributed by atoms with Crippen LogP contribution in [0.25, 0.3) is 4.85 Å². The molecule has 2 heteroatoms. The summed E-state index contributed by atoms with van der Waals surface area (Å²) < 4.78 is 5.14. The van der Waals surface area contributed by atoms with Crippen LogP contribution in [0.4, 0.5) is 0 Å². The van der Waals surface area contributed by atoms with E-state index in [0.717, 1.165) is 30.7 Å². The molecular formula is C14H15NO. The third-order valence-corrected chi connectivity index (χ3v) is 3.12. The molecule has 0 amide bonds. The Bertz CT molecular complexity index is 425. The number of rotatable bonds is 2. The molecule has 0 fully saturated rings. The van der Waals surface area contributed by atoms with Gasteiger partial charge in [0.1, 0.15) is 5.75 Å². The predicted molar refractivity (Wildman–Crippen MR) is 64.3 cm³/mol. The average Bonchev–Trinajstić information content (AvgIpc) is 2.39. The Labute approximate surface area is 96.4 Å². The number of ether oxygens (including phenoxy) is 1. The minimum Gasteiger partial charge on any atom is -0.497 e. The number of hydrogen-bond donors (Lipinski definition) is 0. The molecule has 0 radical (unpaired) electrons. The monoisotopic (exact) mass is 213 g/mol. The van der Waals surface area contributed by atoms with Gasteiger partial charge in [-0.05, 0) is 36.5 Å². The summed E-state index contributed by atoms with van der Waals surface area (Å²) in [5.41, 5.74) is 2.27. The number of nitrogens with zero attached hydrogens (tertiary/aromatic N) is 1. The maximum absolute atomic E-state index is 6.96. The zero-order chi connectivity index (χ0) is 11.4. The van der Waals surface area contributed by atoms with Crippen molar-refractivity contribution in [1.29, 1.82) is 0 Å². The molecule has 0 bridgehead atoms. The first kappa shape index (κ1) is 10.8. The second-order valence-corrected chi connectivity index (χ2v) is 4.05. The van der Waals surface area contributed by atoms with Gasteiger partial charge in [0.15, 0.2) is 5.70 Å². The largest absolute Gasteiger partial charge is 0.497 e. The van der Waals surface area contributed by atoms with Gasteiger partial charge in [0.2, 0.25) is 0 Å². The maximum Gasteiger partial charge on any atom is 0.161 e. The number of hydrogen-bond acceptors (Lipinski definition) is 1. The van der Waals surface area contributed by atoms with Crippen molar-refractivity contribution in [1.82, 2.24) is 0 Å². The van der Waals surface area contributed by atoms with Crippen LogP contribution in [0, 0.1) is 6.57 Å². The molecule has 0 saturated carbocycles. The van der Waals surface area contributed by atoms with Crippen LogP contribution >= 0.6 is 0 Å². The lowest BCUT2D eigenvalue weighted by Gasteiger charge is -2.19. The minimum absolute atomic E-state index is 0.566. The number of methoxy groups -OCH3 is 1. The van der Waals surface area contributed by atoms with E-state index >= 15 is 0 Å². The topological polar surface area (TPSA) is 13.6 Å². The van der Waals surface area contributed by atoms with Crippen LogP contribution in [0.2, 0.25) is 0 Å². The first-order valence-corrected chi connectivity index (χ1v) is 5.54. The number of allylic oxidation sites excluding steroid dienone is 2. The molecule has 1 unspecified atom stereocenters. The molecule has 1 aliphatic carbocycles. The maximum atomic E-state index is 6.96. The quantitative estimate of drug-likeness (QED) is 0.682. The van der Waals surface area contributed by atoms with E-state index in [0.29, 0.717) is 5.92 Å². The highest BCUT2D eigenvalue weighted by Crippen LogP contribution is 2.33. The molecule has 2 nitrogen and oxygen atoms in total. The van der Waals surface area contributed by atoms with Gasteiger partial charge in [0, 0.05) is 0 Å². The second-order valence-electron chi connectivity index (χ2n) is 4.05. The van der Waals surface area contributed by atoms with Gasteiger partial charge in [0.25, 0.3) is 0 Å². The molecule has 16 heavy (non-hydrogen) atoms. The molecule has 1 aliphatic rings. The van der Waals surface area contributed by atoms with Gasteiger partial charge >= 0.3 is 0 Å². The highest BCUT2D eigenvalue weighted by atomic mass is 16.5. The van der Waals surface area contributed by atoms with Crippen LogP contribution in [0.3, 0.4) is 0 Å². The van der Waals surface area contributed by atoms with Gasteiger partial charge in [-0.15, -0.1) is 0 Å². The van der Waals surface area contributed by atoms with Gasteiger partial charge < -0.3 is 4.74 Å². The Morgan fingerprint density at radius 2 is 2.06 bits per heavy atom. The molecule has 0 aliphatic heterocycles. The lowest BCUT2D eigenvalue weighted by molar-refractivity contribution is 0.414. The summed E-state index contributed by atoms with van der Waals surface area (Å²) >= 11 is 0. The second kappa shape index (κ2) is 4.85. The third kappa shape index (κ3) is 2.25. The molecule has 1 atom stereocenters. The summed E-state index contributed by atoms with van der Waals surface area (Å²) in [7, 11) is 1.68. The fourth-order valence-electron chi connectivity index (χ4n) is 2.10. The summed E-state index contributed by atoms with van der Waals surface area (Å²) in [6.45, 7) is 6.96. The normalized spacial score (nSPS) is 19.8. The van der Waals surface area contributed by atoms with E-state index in [2.05, 4.69) is 23.1 Å². The fourth-order valence-corrected chi connectivity index (χ4v) is 2.10. The Hall–Kier alpha value is -1.75. The van der Waals surface area contributed by atoms with Crippen molar-refractivity contribution in [2.24, 2.45) is 0 Å². The SMILES string of the molecule is [C-]#[N+]C1=CCC(c2ccc(OC)cc2)CC1. The van der Waals surface area contributed by atoms with E-state index < -0.39 is 0 Å². The van der Waals surface area contributed by atoms with Crippen LogP contribution < -0.4 is 4.74 Å². The van der Waals surface area contributed by atoms with Crippen LogP contribution in [-0.4, -0.2) is 7.11 Å². The first-order valence-electron chi connectivity index (χ1n) is 5.54. The van der Waals surface area contributed by atoms with Gasteiger partial charge in [-0.25, -0.2) is 4.85 Å². The van der Waals surface area contributed by atoms with Crippen molar-refractivity contribution in [3.63, 3.8) is 0 Å². The lowest BCUT2D eigenvalue weighted by atomic mass is 9.87. The van der Waals surface area contributed by atoms with E-state index in [-0.39, 0.29) is 0 Å². The standard InChI is InChI=1S/C14H15NO/c1-15-13-7-3-11(4-8-13)12-5-9-14(16-2)10-6-12/h5-7,9-11H,3-4,8H2,2H3. The Balaban J connectivity index is 2.09.